The third-order valence-corrected chi connectivity index (χ3v) is 6.59. The highest BCUT2D eigenvalue weighted by molar-refractivity contribution is 7.98. The van der Waals surface area contributed by atoms with Crippen molar-refractivity contribution in [2.24, 2.45) is 0 Å². The predicted octanol–water partition coefficient (Wildman–Crippen LogP) is 5.54. The number of halogens is 3. The zero-order valence-corrected chi connectivity index (χ0v) is 18.5. The monoisotopic (exact) mass is 479 g/mol. The van der Waals surface area contributed by atoms with Gasteiger partial charge in [0.25, 0.3) is 5.91 Å². The molecule has 10 heteroatoms. The second kappa shape index (κ2) is 9.93. The molecule has 3 aromatic rings. The molecule has 0 bridgehead atoms. The number of nitrogens with zero attached hydrogens (tertiary/aromatic N) is 2. The molecule has 0 radical (unpaired) electrons. The molecular weight excluding hydrogens is 459 g/mol. The third kappa shape index (κ3) is 5.62. The summed E-state index contributed by atoms with van der Waals surface area (Å²) in [6.45, 7) is 2.04. The van der Waals surface area contributed by atoms with Gasteiger partial charge in [-0.1, -0.05) is 0 Å². The summed E-state index contributed by atoms with van der Waals surface area (Å²) in [6.07, 6.45) is -4.50. The molecule has 0 spiro atoms. The Morgan fingerprint density at radius 2 is 1.91 bits per heavy atom. The Bertz CT molecular complexity index is 1050. The van der Waals surface area contributed by atoms with Crippen molar-refractivity contribution < 1.29 is 22.7 Å². The number of hydrogen-bond acceptors (Lipinski definition) is 6. The highest BCUT2D eigenvalue weighted by atomic mass is 32.2. The smallest absolute Gasteiger partial charge is 0.378 e. The van der Waals surface area contributed by atoms with E-state index in [-0.39, 0.29) is 5.69 Å². The largest absolute Gasteiger partial charge is 0.416 e. The molecule has 1 saturated heterocycles. The molecule has 1 aliphatic rings. The molecule has 0 aliphatic carbocycles. The van der Waals surface area contributed by atoms with Crippen LogP contribution in [-0.2, 0) is 16.7 Å². The maximum Gasteiger partial charge on any atom is 0.416 e. The summed E-state index contributed by atoms with van der Waals surface area (Å²) in [5, 5.41) is 4.66. The quantitative estimate of drug-likeness (QED) is 0.471. The molecule has 1 N–H and O–H groups in total. The third-order valence-electron chi connectivity index (χ3n) is 4.91. The number of thioether (sulfide) groups is 1. The van der Waals surface area contributed by atoms with Gasteiger partial charge in [0, 0.05) is 34.7 Å². The predicted molar refractivity (Wildman–Crippen MR) is 121 cm³/mol. The van der Waals surface area contributed by atoms with Gasteiger partial charge in [-0.25, -0.2) is 4.98 Å². The molecule has 1 fully saturated rings. The van der Waals surface area contributed by atoms with Crippen molar-refractivity contribution in [3.8, 4) is 0 Å². The van der Waals surface area contributed by atoms with Crippen LogP contribution in [0.25, 0.3) is 0 Å². The first-order chi connectivity index (χ1) is 15.4. The van der Waals surface area contributed by atoms with Crippen molar-refractivity contribution >= 4 is 40.4 Å². The lowest BCUT2D eigenvalue weighted by Crippen LogP contribution is -2.36. The van der Waals surface area contributed by atoms with E-state index in [2.05, 4.69) is 10.3 Å². The van der Waals surface area contributed by atoms with Crippen LogP contribution in [0.1, 0.15) is 21.6 Å². The summed E-state index contributed by atoms with van der Waals surface area (Å²) in [7, 11) is 0. The van der Waals surface area contributed by atoms with E-state index in [1.54, 1.807) is 29.4 Å². The molecule has 1 aliphatic heterocycles. The van der Waals surface area contributed by atoms with Crippen molar-refractivity contribution in [1.29, 1.82) is 0 Å². The summed E-state index contributed by atoms with van der Waals surface area (Å²) >= 11 is 3.13. The summed E-state index contributed by atoms with van der Waals surface area (Å²) in [4.78, 5) is 19.9. The van der Waals surface area contributed by atoms with Crippen LogP contribution >= 0.6 is 23.1 Å². The fourth-order valence-electron chi connectivity index (χ4n) is 3.26. The lowest BCUT2D eigenvalue weighted by atomic mass is 10.1. The van der Waals surface area contributed by atoms with E-state index in [1.807, 2.05) is 22.4 Å². The SMILES string of the molecule is O=C(Nc1cc(C(F)(F)F)ccc1N1CCOCC1)c1ccc(SCc2cscn2)cc1. The average Bonchev–Trinajstić information content (AvgIpc) is 3.32. The molecule has 0 unspecified atom stereocenters. The Morgan fingerprint density at radius 1 is 1.16 bits per heavy atom. The molecule has 32 heavy (non-hydrogen) atoms. The second-order valence-corrected chi connectivity index (χ2v) is 8.84. The van der Waals surface area contributed by atoms with Crippen LogP contribution in [0.15, 0.2) is 58.3 Å². The number of carbonyl (C=O) groups excluding carboxylic acids is 1. The van der Waals surface area contributed by atoms with E-state index in [9.17, 15) is 18.0 Å². The number of nitrogens with one attached hydrogen (secondary N) is 1. The Hall–Kier alpha value is -2.56. The number of alkyl halides is 3. The average molecular weight is 480 g/mol. The van der Waals surface area contributed by atoms with Crippen LogP contribution < -0.4 is 10.2 Å². The molecule has 4 rings (SSSR count). The summed E-state index contributed by atoms with van der Waals surface area (Å²) in [5.41, 5.74) is 3.01. The molecular formula is C22H20F3N3O2S2. The number of ether oxygens (including phenoxy) is 1. The van der Waals surface area contributed by atoms with E-state index < -0.39 is 17.6 Å². The fourth-order valence-corrected chi connectivity index (χ4v) is 4.72. The van der Waals surface area contributed by atoms with E-state index in [0.29, 0.717) is 37.6 Å². The van der Waals surface area contributed by atoms with Crippen molar-refractivity contribution in [1.82, 2.24) is 4.98 Å². The number of benzene rings is 2. The van der Waals surface area contributed by atoms with E-state index in [0.717, 1.165) is 28.5 Å². The highest BCUT2D eigenvalue weighted by Gasteiger charge is 2.32. The van der Waals surface area contributed by atoms with Gasteiger partial charge in [-0.3, -0.25) is 4.79 Å². The Labute approximate surface area is 191 Å². The molecule has 1 amide bonds. The topological polar surface area (TPSA) is 54.5 Å². The molecule has 0 atom stereocenters. The second-order valence-electron chi connectivity index (χ2n) is 7.08. The van der Waals surface area contributed by atoms with Crippen molar-refractivity contribution in [3.05, 3.63) is 70.2 Å². The van der Waals surface area contributed by atoms with E-state index in [4.69, 9.17) is 4.74 Å². The first-order valence-corrected chi connectivity index (χ1v) is 11.8. The Kier molecular flexibility index (Phi) is 7.02. The van der Waals surface area contributed by atoms with Crippen molar-refractivity contribution in [2.45, 2.75) is 16.8 Å². The van der Waals surface area contributed by atoms with Crippen LogP contribution in [-0.4, -0.2) is 37.2 Å². The van der Waals surface area contributed by atoms with Crippen LogP contribution in [0.4, 0.5) is 24.5 Å². The lowest BCUT2D eigenvalue weighted by Gasteiger charge is -2.31. The van der Waals surface area contributed by atoms with Gasteiger partial charge in [-0.05, 0) is 42.5 Å². The number of anilines is 2. The number of thiazole rings is 1. The maximum absolute atomic E-state index is 13.3. The van der Waals surface area contributed by atoms with Gasteiger partial charge in [-0.15, -0.1) is 23.1 Å². The number of rotatable bonds is 6. The first kappa shape index (κ1) is 22.6. The van der Waals surface area contributed by atoms with Crippen LogP contribution in [0.2, 0.25) is 0 Å². The van der Waals surface area contributed by atoms with Crippen molar-refractivity contribution in [3.63, 3.8) is 0 Å². The van der Waals surface area contributed by atoms with Crippen LogP contribution in [0, 0.1) is 0 Å². The van der Waals surface area contributed by atoms with Gasteiger partial charge >= 0.3 is 6.18 Å². The maximum atomic E-state index is 13.3. The standard InChI is InChI=1S/C22H20F3N3O2S2/c23-22(24,25)16-3-6-20(28-7-9-30-10-8-28)19(11-16)27-21(29)15-1-4-18(5-2-15)32-13-17-12-31-14-26-17/h1-6,11-12,14H,7-10,13H2,(H,27,29). The Morgan fingerprint density at radius 3 is 2.56 bits per heavy atom. The normalized spacial score (nSPS) is 14.4. The van der Waals surface area contributed by atoms with E-state index in [1.165, 1.54) is 17.4 Å². The number of aromatic nitrogens is 1. The van der Waals surface area contributed by atoms with Gasteiger partial charge in [-0.2, -0.15) is 13.2 Å². The van der Waals surface area contributed by atoms with Crippen LogP contribution in [0.3, 0.4) is 0 Å². The van der Waals surface area contributed by atoms with Gasteiger partial charge in [0.15, 0.2) is 0 Å². The minimum atomic E-state index is -4.50. The van der Waals surface area contributed by atoms with Gasteiger partial charge < -0.3 is 15.0 Å². The van der Waals surface area contributed by atoms with Gasteiger partial charge in [0.1, 0.15) is 0 Å². The number of morpholine rings is 1. The summed E-state index contributed by atoms with van der Waals surface area (Å²) < 4.78 is 45.1. The molecule has 2 aromatic carbocycles. The fraction of sp³-hybridized carbons (Fsp3) is 0.273. The summed E-state index contributed by atoms with van der Waals surface area (Å²) in [5.74, 6) is 0.261. The van der Waals surface area contributed by atoms with E-state index >= 15 is 0 Å². The van der Waals surface area contributed by atoms with Crippen LogP contribution in [0.5, 0.6) is 0 Å². The highest BCUT2D eigenvalue weighted by Crippen LogP contribution is 2.36. The first-order valence-electron chi connectivity index (χ1n) is 9.85. The van der Waals surface area contributed by atoms with Gasteiger partial charge in [0.2, 0.25) is 0 Å². The molecule has 1 aromatic heterocycles. The minimum Gasteiger partial charge on any atom is -0.378 e. The molecule has 5 nitrogen and oxygen atoms in total. The molecule has 2 heterocycles. The minimum absolute atomic E-state index is 0.133. The molecule has 0 saturated carbocycles. The summed E-state index contributed by atoms with van der Waals surface area (Å²) in [6, 6.07) is 10.4. The zero-order chi connectivity index (χ0) is 22.6. The zero-order valence-electron chi connectivity index (χ0n) is 16.9. The Balaban J connectivity index is 1.50. The van der Waals surface area contributed by atoms with Crippen molar-refractivity contribution in [2.75, 3.05) is 36.5 Å². The number of amides is 1. The lowest BCUT2D eigenvalue weighted by molar-refractivity contribution is -0.137. The number of hydrogen-bond donors (Lipinski definition) is 1. The molecule has 168 valence electrons. The van der Waals surface area contributed by atoms with Gasteiger partial charge in [0.05, 0.1) is 41.4 Å². The number of carbonyl (C=O) groups is 1.